The molecule has 1 heterocycles. The molecule has 10 heteroatoms. The van der Waals surface area contributed by atoms with E-state index in [2.05, 4.69) is 10.3 Å². The highest BCUT2D eigenvalue weighted by atomic mass is 32.2. The number of rotatable bonds is 11. The summed E-state index contributed by atoms with van der Waals surface area (Å²) in [6.07, 6.45) is -0.924. The number of fused-ring (bicyclic) bond motifs is 1. The number of hydrogen-bond acceptors (Lipinski definition) is 7. The number of carbonyl (C=O) groups is 1. The Balaban J connectivity index is 1.61. The van der Waals surface area contributed by atoms with Crippen LogP contribution in [0.3, 0.4) is 0 Å². The fraction of sp³-hybridized carbons (Fsp3) is 0.286. The van der Waals surface area contributed by atoms with Crippen LogP contribution in [-0.2, 0) is 16.4 Å². The Hall–Kier alpha value is -3.31. The van der Waals surface area contributed by atoms with Crippen molar-refractivity contribution in [2.75, 3.05) is 13.1 Å². The minimum atomic E-state index is -3.95. The number of amides is 1. The molecule has 38 heavy (non-hydrogen) atoms. The summed E-state index contributed by atoms with van der Waals surface area (Å²) in [6.45, 7) is 3.80. The Labute approximate surface area is 226 Å². The average molecular weight is 554 g/mol. The lowest BCUT2D eigenvalue weighted by molar-refractivity contribution is 0.0775. The number of thiazole rings is 1. The highest BCUT2D eigenvalue weighted by Crippen LogP contribution is 2.25. The number of aromatic nitrogens is 1. The van der Waals surface area contributed by atoms with Crippen molar-refractivity contribution in [3.63, 3.8) is 0 Å². The molecule has 1 aromatic heterocycles. The third-order valence-electron chi connectivity index (χ3n) is 6.09. The highest BCUT2D eigenvalue weighted by molar-refractivity contribution is 7.89. The Bertz CT molecular complexity index is 1490. The maximum absolute atomic E-state index is 13.7. The second-order valence-corrected chi connectivity index (χ2v) is 12.4. The van der Waals surface area contributed by atoms with E-state index < -0.39 is 28.1 Å². The summed E-state index contributed by atoms with van der Waals surface area (Å²) >= 11 is 1.36. The molecule has 2 atom stereocenters. The van der Waals surface area contributed by atoms with Crippen LogP contribution in [0.2, 0.25) is 0 Å². The van der Waals surface area contributed by atoms with E-state index in [1.54, 1.807) is 29.8 Å². The van der Waals surface area contributed by atoms with E-state index in [1.807, 2.05) is 44.2 Å². The Morgan fingerprint density at radius 3 is 2.50 bits per heavy atom. The van der Waals surface area contributed by atoms with Crippen molar-refractivity contribution in [1.29, 1.82) is 0 Å². The molecule has 0 radical (unpaired) electrons. The zero-order chi connectivity index (χ0) is 27.3. The van der Waals surface area contributed by atoms with Crippen molar-refractivity contribution in [3.8, 4) is 5.75 Å². The van der Waals surface area contributed by atoms with Gasteiger partial charge in [0.05, 0.1) is 32.8 Å². The topological polar surface area (TPSA) is 120 Å². The standard InChI is InChI=1S/C28H31N3O5S2/c1-19(2)16-31(38(35,36)23-11-12-24-27(15-23)37-18-29-24)17-26(33)25(13-20-7-4-3-5-8-20)30-28(34)21-9-6-10-22(32)14-21/h3-12,14-15,18-19,25-26,32-33H,13,16-17H2,1-2H3,(H,30,34)/t25-,26+/m0/s1. The number of nitrogens with zero attached hydrogens (tertiary/aromatic N) is 2. The number of aliphatic hydroxyl groups is 1. The van der Waals surface area contributed by atoms with Gasteiger partial charge < -0.3 is 15.5 Å². The average Bonchev–Trinajstić information content (AvgIpc) is 3.36. The second kappa shape index (κ2) is 12.0. The summed E-state index contributed by atoms with van der Waals surface area (Å²) in [7, 11) is -3.95. The number of sulfonamides is 1. The van der Waals surface area contributed by atoms with Crippen LogP contribution in [-0.4, -0.2) is 59.1 Å². The quantitative estimate of drug-likeness (QED) is 0.258. The van der Waals surface area contributed by atoms with E-state index in [9.17, 15) is 23.4 Å². The zero-order valence-corrected chi connectivity index (χ0v) is 22.8. The summed E-state index contributed by atoms with van der Waals surface area (Å²) in [5.74, 6) is -0.529. The van der Waals surface area contributed by atoms with Gasteiger partial charge >= 0.3 is 0 Å². The molecule has 0 saturated heterocycles. The van der Waals surface area contributed by atoms with E-state index in [1.165, 1.54) is 33.8 Å². The van der Waals surface area contributed by atoms with Gasteiger partial charge in [0.15, 0.2) is 0 Å². The van der Waals surface area contributed by atoms with Crippen LogP contribution < -0.4 is 5.32 Å². The Morgan fingerprint density at radius 1 is 1.03 bits per heavy atom. The van der Waals surface area contributed by atoms with Gasteiger partial charge in [0, 0.05) is 18.7 Å². The smallest absolute Gasteiger partial charge is 0.251 e. The van der Waals surface area contributed by atoms with Crippen LogP contribution in [0, 0.1) is 5.92 Å². The monoisotopic (exact) mass is 553 g/mol. The molecule has 3 N–H and O–H groups in total. The maximum atomic E-state index is 13.7. The molecule has 0 saturated carbocycles. The van der Waals surface area contributed by atoms with Gasteiger partial charge in [0.1, 0.15) is 5.75 Å². The van der Waals surface area contributed by atoms with E-state index >= 15 is 0 Å². The van der Waals surface area contributed by atoms with Crippen LogP contribution in [0.1, 0.15) is 29.8 Å². The van der Waals surface area contributed by atoms with Gasteiger partial charge in [-0.05, 0) is 54.3 Å². The van der Waals surface area contributed by atoms with Crippen molar-refractivity contribution < 1.29 is 23.4 Å². The van der Waals surface area contributed by atoms with Crippen molar-refractivity contribution in [2.24, 2.45) is 5.92 Å². The first-order valence-electron chi connectivity index (χ1n) is 12.3. The molecule has 0 aliphatic heterocycles. The van der Waals surface area contributed by atoms with Crippen LogP contribution in [0.4, 0.5) is 0 Å². The first-order valence-corrected chi connectivity index (χ1v) is 14.6. The number of carbonyl (C=O) groups excluding carboxylic acids is 1. The fourth-order valence-electron chi connectivity index (χ4n) is 4.21. The molecular weight excluding hydrogens is 522 g/mol. The van der Waals surface area contributed by atoms with E-state index in [-0.39, 0.29) is 41.6 Å². The van der Waals surface area contributed by atoms with Crippen LogP contribution >= 0.6 is 11.3 Å². The number of phenols is 1. The van der Waals surface area contributed by atoms with Crippen LogP contribution in [0.5, 0.6) is 5.75 Å². The maximum Gasteiger partial charge on any atom is 0.251 e. The second-order valence-electron chi connectivity index (χ2n) is 9.59. The molecule has 0 unspecified atom stereocenters. The number of aromatic hydroxyl groups is 1. The van der Waals surface area contributed by atoms with Gasteiger partial charge in [-0.15, -0.1) is 11.3 Å². The molecule has 0 aliphatic carbocycles. The van der Waals surface area contributed by atoms with Gasteiger partial charge in [-0.2, -0.15) is 4.31 Å². The summed E-state index contributed by atoms with van der Waals surface area (Å²) in [5, 5.41) is 24.0. The lowest BCUT2D eigenvalue weighted by atomic mass is 10.00. The lowest BCUT2D eigenvalue weighted by Gasteiger charge is -2.30. The predicted octanol–water partition coefficient (Wildman–Crippen LogP) is 4.05. The molecule has 0 aliphatic rings. The predicted molar refractivity (Wildman–Crippen MR) is 149 cm³/mol. The number of nitrogens with one attached hydrogen (secondary N) is 1. The molecule has 4 rings (SSSR count). The number of benzene rings is 3. The van der Waals surface area contributed by atoms with Gasteiger partial charge in [0.25, 0.3) is 5.91 Å². The van der Waals surface area contributed by atoms with Crippen LogP contribution in [0.15, 0.2) is 83.2 Å². The Kier molecular flexibility index (Phi) is 8.78. The van der Waals surface area contributed by atoms with Crippen molar-refractivity contribution in [1.82, 2.24) is 14.6 Å². The van der Waals surface area contributed by atoms with E-state index in [4.69, 9.17) is 0 Å². The van der Waals surface area contributed by atoms with Gasteiger partial charge in [-0.25, -0.2) is 13.4 Å². The molecule has 200 valence electrons. The van der Waals surface area contributed by atoms with E-state index in [0.717, 1.165) is 15.8 Å². The molecule has 3 aromatic carbocycles. The molecular formula is C28H31N3O5S2. The lowest BCUT2D eigenvalue weighted by Crippen LogP contribution is -2.51. The first-order chi connectivity index (χ1) is 18.1. The largest absolute Gasteiger partial charge is 0.508 e. The summed E-state index contributed by atoms with van der Waals surface area (Å²) in [5.41, 5.74) is 3.50. The van der Waals surface area contributed by atoms with Gasteiger partial charge in [-0.1, -0.05) is 50.2 Å². The molecule has 8 nitrogen and oxygen atoms in total. The van der Waals surface area contributed by atoms with Gasteiger partial charge in [0.2, 0.25) is 10.0 Å². The zero-order valence-electron chi connectivity index (χ0n) is 21.2. The van der Waals surface area contributed by atoms with Crippen LogP contribution in [0.25, 0.3) is 10.2 Å². The summed E-state index contributed by atoms with van der Waals surface area (Å²) < 4.78 is 29.5. The third kappa shape index (κ3) is 6.76. The molecule has 0 spiro atoms. The Morgan fingerprint density at radius 2 is 1.79 bits per heavy atom. The first kappa shape index (κ1) is 27.7. The number of hydrogen-bond donors (Lipinski definition) is 3. The van der Waals surface area contributed by atoms with Crippen molar-refractivity contribution in [2.45, 2.75) is 37.3 Å². The molecule has 0 fully saturated rings. The van der Waals surface area contributed by atoms with Crippen molar-refractivity contribution >= 4 is 37.5 Å². The molecule has 0 bridgehead atoms. The summed E-state index contributed by atoms with van der Waals surface area (Å²) in [4.78, 5) is 17.4. The van der Waals surface area contributed by atoms with E-state index in [0.29, 0.717) is 0 Å². The minimum Gasteiger partial charge on any atom is -0.508 e. The molecule has 1 amide bonds. The normalized spacial score (nSPS) is 13.6. The third-order valence-corrected chi connectivity index (χ3v) is 8.71. The number of aliphatic hydroxyl groups excluding tert-OH is 1. The number of phenolic OH excluding ortho intramolecular Hbond substituents is 1. The SMILES string of the molecule is CC(C)CN(C[C@@H](O)[C@H](Cc1ccccc1)NC(=O)c1cccc(O)c1)S(=O)(=O)c1ccc2ncsc2c1. The molecule has 4 aromatic rings. The summed E-state index contributed by atoms with van der Waals surface area (Å²) in [6, 6.07) is 19.3. The fourth-order valence-corrected chi connectivity index (χ4v) is 6.65. The van der Waals surface area contributed by atoms with Gasteiger partial charge in [-0.3, -0.25) is 4.79 Å². The highest BCUT2D eigenvalue weighted by Gasteiger charge is 2.31. The minimum absolute atomic E-state index is 0.00132. The van der Waals surface area contributed by atoms with Crippen molar-refractivity contribution in [3.05, 3.63) is 89.4 Å².